The van der Waals surface area contributed by atoms with Crippen molar-refractivity contribution in [3.63, 3.8) is 0 Å². The lowest BCUT2D eigenvalue weighted by Gasteiger charge is -2.16. The van der Waals surface area contributed by atoms with Gasteiger partial charge in [-0.3, -0.25) is 9.78 Å². The number of rotatable bonds is 5. The molecule has 0 spiro atoms. The van der Waals surface area contributed by atoms with Crippen LogP contribution in [0.25, 0.3) is 11.4 Å². The largest absolute Gasteiger partial charge is 0.484 e. The monoisotopic (exact) mass is 382 g/mol. The summed E-state index contributed by atoms with van der Waals surface area (Å²) in [6, 6.07) is 9.21. The average molecular weight is 382 g/mol. The summed E-state index contributed by atoms with van der Waals surface area (Å²) >= 11 is 0. The second-order valence-corrected chi connectivity index (χ2v) is 6.82. The molecule has 0 radical (unpaired) electrons. The van der Waals surface area contributed by atoms with Crippen LogP contribution in [-0.4, -0.2) is 45.6 Å². The highest BCUT2D eigenvalue weighted by Crippen LogP contribution is 2.32. The molecule has 0 N–H and O–H groups in total. The van der Waals surface area contributed by atoms with Crippen LogP contribution in [0.5, 0.6) is 5.75 Å². The van der Waals surface area contributed by atoms with Gasteiger partial charge in [-0.1, -0.05) is 12.1 Å². The molecule has 2 aromatic heterocycles. The third kappa shape index (κ3) is 3.85. The first kappa shape index (κ1) is 18.1. The second kappa shape index (κ2) is 7.75. The summed E-state index contributed by atoms with van der Waals surface area (Å²) in [5.74, 6) is 1.16. The van der Waals surface area contributed by atoms with E-state index < -0.39 is 0 Å². The number of likely N-dealkylation sites (tertiary alicyclic amines) is 1. The molecule has 3 aromatic rings. The van der Waals surface area contributed by atoms with E-state index in [4.69, 9.17) is 9.26 Å². The number of hydrogen-bond acceptors (Lipinski definition) is 6. The molecule has 3 heterocycles. The Morgan fingerprint density at radius 3 is 2.71 bits per heavy atom. The molecule has 1 aliphatic rings. The molecule has 0 bridgehead atoms. The SMILES string of the molecule is C[C@H]1CN(C(=O)COc2ccc(F)cc2)C[C@@H]1c1nc(-c2ccncc2)no1. The average Bonchev–Trinajstić information content (AvgIpc) is 3.35. The van der Waals surface area contributed by atoms with E-state index in [1.165, 1.54) is 24.3 Å². The Morgan fingerprint density at radius 2 is 1.96 bits per heavy atom. The highest BCUT2D eigenvalue weighted by atomic mass is 19.1. The van der Waals surface area contributed by atoms with Gasteiger partial charge in [0.05, 0.1) is 5.92 Å². The first-order valence-electron chi connectivity index (χ1n) is 9.00. The van der Waals surface area contributed by atoms with Crippen LogP contribution >= 0.6 is 0 Å². The van der Waals surface area contributed by atoms with Crippen molar-refractivity contribution in [1.29, 1.82) is 0 Å². The maximum Gasteiger partial charge on any atom is 0.260 e. The maximum absolute atomic E-state index is 12.9. The predicted molar refractivity (Wildman–Crippen MR) is 97.9 cm³/mol. The van der Waals surface area contributed by atoms with Crippen molar-refractivity contribution in [3.8, 4) is 17.1 Å². The number of nitrogens with zero attached hydrogens (tertiary/aromatic N) is 4. The molecule has 1 aliphatic heterocycles. The number of carbonyl (C=O) groups excluding carboxylic acids is 1. The number of halogens is 1. The smallest absolute Gasteiger partial charge is 0.260 e. The number of pyridine rings is 1. The summed E-state index contributed by atoms with van der Waals surface area (Å²) in [5.41, 5.74) is 0.830. The van der Waals surface area contributed by atoms with Gasteiger partial charge < -0.3 is 14.2 Å². The van der Waals surface area contributed by atoms with Gasteiger partial charge in [-0.2, -0.15) is 4.98 Å². The van der Waals surface area contributed by atoms with Gasteiger partial charge in [0.2, 0.25) is 11.7 Å². The van der Waals surface area contributed by atoms with Crippen LogP contribution in [0.1, 0.15) is 18.7 Å². The molecule has 1 fully saturated rings. The van der Waals surface area contributed by atoms with E-state index in [-0.39, 0.29) is 30.2 Å². The van der Waals surface area contributed by atoms with Crippen LogP contribution in [0.15, 0.2) is 53.3 Å². The topological polar surface area (TPSA) is 81.4 Å². The van der Waals surface area contributed by atoms with Crippen LogP contribution in [0, 0.1) is 11.7 Å². The lowest BCUT2D eigenvalue weighted by Crippen LogP contribution is -2.33. The zero-order valence-electron chi connectivity index (χ0n) is 15.3. The van der Waals surface area contributed by atoms with Crippen LogP contribution in [0.2, 0.25) is 0 Å². The Morgan fingerprint density at radius 1 is 1.21 bits per heavy atom. The van der Waals surface area contributed by atoms with E-state index in [1.54, 1.807) is 17.3 Å². The molecule has 7 nitrogen and oxygen atoms in total. The highest BCUT2D eigenvalue weighted by Gasteiger charge is 2.37. The molecule has 8 heteroatoms. The quantitative estimate of drug-likeness (QED) is 0.675. The van der Waals surface area contributed by atoms with E-state index in [1.807, 2.05) is 12.1 Å². The normalized spacial score (nSPS) is 19.0. The number of hydrogen-bond donors (Lipinski definition) is 0. The van der Waals surface area contributed by atoms with E-state index in [9.17, 15) is 9.18 Å². The lowest BCUT2D eigenvalue weighted by molar-refractivity contribution is -0.132. The van der Waals surface area contributed by atoms with Crippen LogP contribution < -0.4 is 4.74 Å². The molecule has 0 saturated carbocycles. The maximum atomic E-state index is 12.9. The minimum absolute atomic E-state index is 0.0298. The fraction of sp³-hybridized carbons (Fsp3) is 0.300. The van der Waals surface area contributed by atoms with E-state index >= 15 is 0 Å². The standard InChI is InChI=1S/C20H19FN4O3/c1-13-10-25(18(26)12-27-16-4-2-15(21)3-5-16)11-17(13)20-23-19(24-28-20)14-6-8-22-9-7-14/h2-9,13,17H,10-12H2,1H3/t13-,17-/m0/s1. The summed E-state index contributed by atoms with van der Waals surface area (Å²) in [6.45, 7) is 3.03. The number of benzene rings is 1. The number of amides is 1. The molecular formula is C20H19FN4O3. The first-order valence-corrected chi connectivity index (χ1v) is 9.00. The summed E-state index contributed by atoms with van der Waals surface area (Å²) in [6.07, 6.45) is 3.34. The fourth-order valence-corrected chi connectivity index (χ4v) is 3.26. The van der Waals surface area contributed by atoms with E-state index in [0.717, 1.165) is 5.56 Å². The van der Waals surface area contributed by atoms with Crippen LogP contribution in [0.3, 0.4) is 0 Å². The third-order valence-electron chi connectivity index (χ3n) is 4.84. The highest BCUT2D eigenvalue weighted by molar-refractivity contribution is 5.78. The minimum Gasteiger partial charge on any atom is -0.484 e. The summed E-state index contributed by atoms with van der Waals surface area (Å²) in [4.78, 5) is 22.7. The molecule has 28 heavy (non-hydrogen) atoms. The van der Waals surface area contributed by atoms with Gasteiger partial charge in [0, 0.05) is 31.0 Å². The van der Waals surface area contributed by atoms with Gasteiger partial charge >= 0.3 is 0 Å². The molecule has 2 atom stereocenters. The Hall–Kier alpha value is -3.29. The van der Waals surface area contributed by atoms with Gasteiger partial charge in [0.25, 0.3) is 5.91 Å². The summed E-state index contributed by atoms with van der Waals surface area (Å²) < 4.78 is 23.8. The molecule has 1 amide bonds. The van der Waals surface area contributed by atoms with Crippen LogP contribution in [-0.2, 0) is 4.79 Å². The Labute approximate surface area is 161 Å². The third-order valence-corrected chi connectivity index (χ3v) is 4.84. The van der Waals surface area contributed by atoms with Crippen molar-refractivity contribution < 1.29 is 18.4 Å². The van der Waals surface area contributed by atoms with Gasteiger partial charge in [-0.05, 0) is 42.3 Å². The number of ether oxygens (including phenoxy) is 1. The number of aromatic nitrogens is 3. The fourth-order valence-electron chi connectivity index (χ4n) is 3.26. The molecule has 4 rings (SSSR count). The Kier molecular flexibility index (Phi) is 5.01. The summed E-state index contributed by atoms with van der Waals surface area (Å²) in [7, 11) is 0. The predicted octanol–water partition coefficient (Wildman–Crippen LogP) is 2.91. The Balaban J connectivity index is 1.38. The molecule has 1 aromatic carbocycles. The first-order chi connectivity index (χ1) is 13.6. The van der Waals surface area contributed by atoms with Crippen LogP contribution in [0.4, 0.5) is 4.39 Å². The van der Waals surface area contributed by atoms with E-state index in [0.29, 0.717) is 30.6 Å². The van der Waals surface area contributed by atoms with Crippen molar-refractivity contribution in [1.82, 2.24) is 20.0 Å². The molecule has 0 aliphatic carbocycles. The second-order valence-electron chi connectivity index (χ2n) is 6.82. The lowest BCUT2D eigenvalue weighted by atomic mass is 9.98. The van der Waals surface area contributed by atoms with Gasteiger partial charge in [-0.25, -0.2) is 4.39 Å². The summed E-state index contributed by atoms with van der Waals surface area (Å²) in [5, 5.41) is 4.05. The van der Waals surface area contributed by atoms with Gasteiger partial charge in [-0.15, -0.1) is 0 Å². The van der Waals surface area contributed by atoms with E-state index in [2.05, 4.69) is 22.0 Å². The van der Waals surface area contributed by atoms with Crippen molar-refractivity contribution in [2.75, 3.05) is 19.7 Å². The number of carbonyl (C=O) groups is 1. The molecule has 144 valence electrons. The van der Waals surface area contributed by atoms with Crippen molar-refractivity contribution >= 4 is 5.91 Å². The Bertz CT molecular complexity index is 946. The van der Waals surface area contributed by atoms with Gasteiger partial charge in [0.15, 0.2) is 6.61 Å². The minimum atomic E-state index is -0.347. The van der Waals surface area contributed by atoms with Crippen molar-refractivity contribution in [2.24, 2.45) is 5.92 Å². The molecular weight excluding hydrogens is 363 g/mol. The zero-order chi connectivity index (χ0) is 19.5. The molecule has 0 unspecified atom stereocenters. The van der Waals surface area contributed by atoms with Crippen molar-refractivity contribution in [2.45, 2.75) is 12.8 Å². The zero-order valence-corrected chi connectivity index (χ0v) is 15.3. The molecule has 1 saturated heterocycles. The van der Waals surface area contributed by atoms with Gasteiger partial charge in [0.1, 0.15) is 11.6 Å². The van der Waals surface area contributed by atoms with Crippen molar-refractivity contribution in [3.05, 3.63) is 60.5 Å².